The molecule has 0 rings (SSSR count). The van der Waals surface area contributed by atoms with Gasteiger partial charge in [-0.25, -0.2) is 0 Å². The first kappa shape index (κ1) is 23.3. The van der Waals surface area contributed by atoms with Crippen LogP contribution in [0, 0.1) is 0 Å². The maximum absolute atomic E-state index is 10.1. The Balaban J connectivity index is -0.000000249. The number of unbranched alkanes of at least 4 members (excludes halogenated alkanes) is 1. The van der Waals surface area contributed by atoms with Crippen LogP contribution in [0.2, 0.25) is 0 Å². The smallest absolute Gasteiger partial charge is 0.480 e. The largest absolute Gasteiger partial charge is 0.745 e. The Kier molecular flexibility index (Phi) is 21.1. The number of carboxylic acids is 1. The summed E-state index contributed by atoms with van der Waals surface area (Å²) in [6, 6.07) is -0.716. The minimum atomic E-state index is -2.92. The molecule has 0 heterocycles. The summed E-state index contributed by atoms with van der Waals surface area (Å²) in [4.78, 5) is 25.5. The summed E-state index contributed by atoms with van der Waals surface area (Å²) in [6.45, 7) is 6.60. The second-order valence-electron chi connectivity index (χ2n) is 2.79. The molecule has 3 atom stereocenters. The van der Waals surface area contributed by atoms with Crippen LogP contribution in [-0.2, 0) is 18.2 Å². The highest BCUT2D eigenvalue weighted by molar-refractivity contribution is 7.46. The number of carbonyl (C=O) groups is 1. The van der Waals surface area contributed by atoms with Crippen LogP contribution in [0.15, 0.2) is 13.2 Å². The molecule has 3 unspecified atom stereocenters. The molecule has 0 saturated heterocycles. The highest BCUT2D eigenvalue weighted by Crippen LogP contribution is 2.30. The van der Waals surface area contributed by atoms with Crippen LogP contribution in [0.4, 0.5) is 0 Å². The maximum atomic E-state index is 10.1. The summed E-state index contributed by atoms with van der Waals surface area (Å²) in [7, 11) is -5.85. The van der Waals surface area contributed by atoms with Crippen molar-refractivity contribution in [3.05, 3.63) is 13.2 Å². The van der Waals surface area contributed by atoms with Crippen molar-refractivity contribution >= 4 is 22.5 Å². The van der Waals surface area contributed by atoms with Crippen molar-refractivity contribution in [2.45, 2.75) is 25.3 Å². The zero-order valence-corrected chi connectivity index (χ0v) is 12.1. The van der Waals surface area contributed by atoms with E-state index in [1.165, 1.54) is 0 Å². The van der Waals surface area contributed by atoms with E-state index in [2.05, 4.69) is 17.5 Å². The maximum Gasteiger partial charge on any atom is 0.745 e. The van der Waals surface area contributed by atoms with E-state index in [1.807, 2.05) is 0 Å². The number of aliphatic carboxylic acids is 1. The predicted molar refractivity (Wildman–Crippen MR) is 70.5 cm³/mol. The number of carboxylic acid groups (broad SMARTS) is 1. The zero-order chi connectivity index (χ0) is 15.8. The molecule has 0 amide bonds. The van der Waals surface area contributed by atoms with Crippen LogP contribution >= 0.6 is 16.5 Å². The SMILES string of the molecule is C=C.NCCCCC(N)C(=O)O.O=[P+](O)O[P+](=O)O. The van der Waals surface area contributed by atoms with Crippen molar-refractivity contribution in [1.29, 1.82) is 0 Å². The predicted octanol–water partition coefficient (Wildman–Crippen LogP) is 0.632. The highest BCUT2D eigenvalue weighted by atomic mass is 31.2. The molecule has 0 aliphatic heterocycles. The van der Waals surface area contributed by atoms with Gasteiger partial charge in [-0.15, -0.1) is 22.9 Å². The summed E-state index contributed by atoms with van der Waals surface area (Å²) >= 11 is 0. The molecule has 0 radical (unpaired) electrons. The Bertz CT molecular complexity index is 266. The fourth-order valence-electron chi connectivity index (χ4n) is 0.692. The Hall–Kier alpha value is -0.790. The van der Waals surface area contributed by atoms with E-state index in [4.69, 9.17) is 26.4 Å². The van der Waals surface area contributed by atoms with Gasteiger partial charge in [-0.1, -0.05) is 6.42 Å². The average Bonchev–Trinajstić information content (AvgIpc) is 2.30. The van der Waals surface area contributed by atoms with Crippen LogP contribution in [0.25, 0.3) is 0 Å². The van der Waals surface area contributed by atoms with Gasteiger partial charge in [-0.2, -0.15) is 0 Å². The second-order valence-corrected chi connectivity index (χ2v) is 4.39. The number of hydrogen-bond donors (Lipinski definition) is 5. The van der Waals surface area contributed by atoms with Gasteiger partial charge in [0.1, 0.15) is 6.04 Å². The van der Waals surface area contributed by atoms with E-state index in [0.29, 0.717) is 13.0 Å². The third-order valence-corrected chi connectivity index (χ3v) is 2.54. The van der Waals surface area contributed by atoms with Gasteiger partial charge in [0.2, 0.25) is 0 Å². The molecule has 112 valence electrons. The van der Waals surface area contributed by atoms with Gasteiger partial charge < -0.3 is 16.6 Å². The van der Waals surface area contributed by atoms with Crippen molar-refractivity contribution in [1.82, 2.24) is 0 Å². The Morgan fingerprint density at radius 1 is 1.21 bits per heavy atom. The molecule has 9 nitrogen and oxygen atoms in total. The summed E-state index contributed by atoms with van der Waals surface area (Å²) in [5.41, 5.74) is 10.4. The van der Waals surface area contributed by atoms with Gasteiger partial charge >= 0.3 is 22.5 Å². The van der Waals surface area contributed by atoms with Crippen LogP contribution in [0.3, 0.4) is 0 Å². The molecule has 0 aromatic carbocycles. The molecule has 0 bridgehead atoms. The fourth-order valence-corrected chi connectivity index (χ4v) is 1.17. The lowest BCUT2D eigenvalue weighted by atomic mass is 10.1. The van der Waals surface area contributed by atoms with E-state index in [9.17, 15) is 13.9 Å². The molecule has 0 aromatic rings. The molecule has 0 aliphatic carbocycles. The molecule has 0 aliphatic rings. The molecule has 7 N–H and O–H groups in total. The minimum Gasteiger partial charge on any atom is -0.480 e. The van der Waals surface area contributed by atoms with E-state index in [1.54, 1.807) is 0 Å². The topological polar surface area (TPSA) is 173 Å². The lowest BCUT2D eigenvalue weighted by Crippen LogP contribution is -2.29. The molecule has 19 heavy (non-hydrogen) atoms. The van der Waals surface area contributed by atoms with Crippen molar-refractivity contribution in [2.75, 3.05) is 6.54 Å². The van der Waals surface area contributed by atoms with Crippen molar-refractivity contribution in [2.24, 2.45) is 11.5 Å². The first-order valence-electron chi connectivity index (χ1n) is 5.00. The molecular formula is C8H20N2O7P2+2. The summed E-state index contributed by atoms with van der Waals surface area (Å²) in [5, 5.41) is 8.33. The fraction of sp³-hybridized carbons (Fsp3) is 0.625. The van der Waals surface area contributed by atoms with Crippen LogP contribution < -0.4 is 11.5 Å². The normalized spacial score (nSPS) is 12.0. The Morgan fingerprint density at radius 3 is 1.84 bits per heavy atom. The summed E-state index contributed by atoms with van der Waals surface area (Å²) in [6.07, 6.45) is 2.16. The molecule has 0 spiro atoms. The van der Waals surface area contributed by atoms with Crippen LogP contribution in [-0.4, -0.2) is 33.4 Å². The minimum absolute atomic E-state index is 0.520. The van der Waals surface area contributed by atoms with Gasteiger partial charge in [-0.05, 0) is 19.4 Å². The van der Waals surface area contributed by atoms with E-state index in [0.717, 1.165) is 12.8 Å². The highest BCUT2D eigenvalue weighted by Gasteiger charge is 2.31. The third-order valence-electron chi connectivity index (χ3n) is 1.43. The van der Waals surface area contributed by atoms with Gasteiger partial charge in [0.25, 0.3) is 0 Å². The lowest BCUT2D eigenvalue weighted by Gasteiger charge is -2.03. The molecular weight excluding hydrogens is 298 g/mol. The van der Waals surface area contributed by atoms with E-state index in [-0.39, 0.29) is 0 Å². The second kappa shape index (κ2) is 17.2. The summed E-state index contributed by atoms with van der Waals surface area (Å²) in [5.74, 6) is -0.933. The van der Waals surface area contributed by atoms with E-state index >= 15 is 0 Å². The number of nitrogens with two attached hydrogens (primary N) is 2. The van der Waals surface area contributed by atoms with Crippen molar-refractivity contribution < 1.29 is 33.1 Å². The standard InChI is InChI=1S/C6H14N2O2.C2H4.O5P2/c7-4-2-1-3-5(8)6(9)10;1-2;1-6(2)5-7(3)4/h5H,1-4,7-8H2,(H,9,10);1-2H2;/p+2. The first-order valence-corrected chi connectivity index (χ1v) is 7.26. The van der Waals surface area contributed by atoms with Crippen molar-refractivity contribution in [3.63, 3.8) is 0 Å². The molecule has 11 heteroatoms. The van der Waals surface area contributed by atoms with Crippen LogP contribution in [0.5, 0.6) is 0 Å². The average molecular weight is 318 g/mol. The monoisotopic (exact) mass is 318 g/mol. The quantitative estimate of drug-likeness (QED) is 0.256. The Morgan fingerprint density at radius 2 is 1.63 bits per heavy atom. The Labute approximate surface area is 113 Å². The zero-order valence-electron chi connectivity index (χ0n) is 10.3. The molecule has 0 fully saturated rings. The summed E-state index contributed by atoms with van der Waals surface area (Å²) < 4.78 is 22.2. The first-order chi connectivity index (χ1) is 8.81. The van der Waals surface area contributed by atoms with Crippen molar-refractivity contribution in [3.8, 4) is 0 Å². The van der Waals surface area contributed by atoms with Gasteiger partial charge in [0.05, 0.1) is 0 Å². The van der Waals surface area contributed by atoms with Gasteiger partial charge in [0.15, 0.2) is 4.31 Å². The molecule has 0 saturated carbocycles. The van der Waals surface area contributed by atoms with Gasteiger partial charge in [-0.3, -0.25) is 4.79 Å². The third kappa shape index (κ3) is 26.7. The lowest BCUT2D eigenvalue weighted by molar-refractivity contribution is -0.138. The number of hydrogen-bond acceptors (Lipinski definition) is 6. The number of rotatable bonds is 7. The van der Waals surface area contributed by atoms with Crippen LogP contribution in [0.1, 0.15) is 19.3 Å². The van der Waals surface area contributed by atoms with Gasteiger partial charge in [0, 0.05) is 9.13 Å². The molecule has 0 aromatic heterocycles. The van der Waals surface area contributed by atoms with E-state index < -0.39 is 28.5 Å².